The highest BCUT2D eigenvalue weighted by Gasteiger charge is 2.23. The molecule has 3 rings (SSSR count). The maximum Gasteiger partial charge on any atom is 0.0960 e. The number of hydrogen-bond donors (Lipinski definition) is 0. The molecule has 0 N–H and O–H groups in total. The van der Waals surface area contributed by atoms with Gasteiger partial charge < -0.3 is 4.57 Å². The van der Waals surface area contributed by atoms with Gasteiger partial charge in [0.1, 0.15) is 0 Å². The van der Waals surface area contributed by atoms with Gasteiger partial charge in [0.2, 0.25) is 0 Å². The number of rotatable bonds is 1. The highest BCUT2D eigenvalue weighted by molar-refractivity contribution is 9.10. The van der Waals surface area contributed by atoms with Gasteiger partial charge in [-0.05, 0) is 43.9 Å². The minimum atomic E-state index is 0.253. The van der Waals surface area contributed by atoms with E-state index in [0.717, 1.165) is 35.7 Å². The molecule has 1 aromatic carbocycles. The summed E-state index contributed by atoms with van der Waals surface area (Å²) in [6.45, 7) is 0. The molecule has 0 atom stereocenters. The fourth-order valence-corrected chi connectivity index (χ4v) is 3.12. The van der Waals surface area contributed by atoms with E-state index in [4.69, 9.17) is 5.26 Å². The first kappa shape index (κ1) is 11.7. The summed E-state index contributed by atoms with van der Waals surface area (Å²) in [7, 11) is 0. The third-order valence-electron chi connectivity index (χ3n) is 3.81. The van der Waals surface area contributed by atoms with E-state index in [2.05, 4.69) is 37.6 Å². The van der Waals surface area contributed by atoms with Crippen LogP contribution in [0, 0.1) is 17.2 Å². The van der Waals surface area contributed by atoms with Gasteiger partial charge in [-0.3, -0.25) is 0 Å². The Labute approximate surface area is 115 Å². The minimum Gasteiger partial charge on any atom is -0.327 e. The van der Waals surface area contributed by atoms with Crippen LogP contribution in [0.3, 0.4) is 0 Å². The molecule has 18 heavy (non-hydrogen) atoms. The Kier molecular flexibility index (Phi) is 3.09. The van der Waals surface area contributed by atoms with Gasteiger partial charge in [0.15, 0.2) is 0 Å². The predicted octanol–water partition coefficient (Wildman–Crippen LogP) is 4.05. The molecule has 3 nitrogen and oxygen atoms in total. The van der Waals surface area contributed by atoms with E-state index < -0.39 is 0 Å². The lowest BCUT2D eigenvalue weighted by atomic mass is 9.87. The summed E-state index contributed by atoms with van der Waals surface area (Å²) in [5, 5.41) is 8.94. The Morgan fingerprint density at radius 2 is 2.06 bits per heavy atom. The number of nitrogens with zero attached hydrogens (tertiary/aromatic N) is 3. The van der Waals surface area contributed by atoms with E-state index >= 15 is 0 Å². The first-order valence-electron chi connectivity index (χ1n) is 6.29. The highest BCUT2D eigenvalue weighted by Crippen LogP contribution is 2.34. The van der Waals surface area contributed by atoms with Gasteiger partial charge in [-0.2, -0.15) is 5.26 Å². The molecule has 4 heteroatoms. The van der Waals surface area contributed by atoms with Crippen molar-refractivity contribution in [3.8, 4) is 6.07 Å². The molecule has 0 spiro atoms. The van der Waals surface area contributed by atoms with E-state index in [9.17, 15) is 0 Å². The molecule has 92 valence electrons. The number of halogens is 1. The van der Waals surface area contributed by atoms with Crippen molar-refractivity contribution in [3.05, 3.63) is 29.0 Å². The zero-order valence-electron chi connectivity index (χ0n) is 10.0. The first-order chi connectivity index (χ1) is 8.78. The van der Waals surface area contributed by atoms with Crippen LogP contribution in [0.2, 0.25) is 0 Å². The molecule has 1 saturated carbocycles. The number of benzene rings is 1. The Balaban J connectivity index is 1.91. The standard InChI is InChI=1S/C14H14BrN3/c15-11-3-6-13-14(7-11)18(9-17-13)12-4-1-10(8-16)2-5-12/h3,6-7,9-10,12H,1-2,4-5H2. The molecule has 0 unspecified atom stereocenters. The van der Waals surface area contributed by atoms with Gasteiger partial charge in [-0.25, -0.2) is 4.98 Å². The van der Waals surface area contributed by atoms with Crippen LogP contribution in [0.5, 0.6) is 0 Å². The fourth-order valence-electron chi connectivity index (χ4n) is 2.77. The Morgan fingerprint density at radius 1 is 1.28 bits per heavy atom. The lowest BCUT2D eigenvalue weighted by Gasteiger charge is -2.26. The fraction of sp³-hybridized carbons (Fsp3) is 0.429. The van der Waals surface area contributed by atoms with Gasteiger partial charge in [0.05, 0.1) is 23.4 Å². The third-order valence-corrected chi connectivity index (χ3v) is 4.30. The summed E-state index contributed by atoms with van der Waals surface area (Å²) < 4.78 is 3.36. The van der Waals surface area contributed by atoms with Crippen molar-refractivity contribution >= 4 is 27.0 Å². The van der Waals surface area contributed by atoms with E-state index in [1.54, 1.807) is 0 Å². The van der Waals surface area contributed by atoms with Gasteiger partial charge in [0.25, 0.3) is 0 Å². The SMILES string of the molecule is N#CC1CCC(n2cnc3ccc(Br)cc32)CC1. The maximum atomic E-state index is 8.94. The van der Waals surface area contributed by atoms with Gasteiger partial charge >= 0.3 is 0 Å². The van der Waals surface area contributed by atoms with Crippen LogP contribution < -0.4 is 0 Å². The van der Waals surface area contributed by atoms with Crippen molar-refractivity contribution in [1.29, 1.82) is 5.26 Å². The smallest absolute Gasteiger partial charge is 0.0960 e. The van der Waals surface area contributed by atoms with E-state index in [0.29, 0.717) is 6.04 Å². The summed E-state index contributed by atoms with van der Waals surface area (Å²) in [6, 6.07) is 9.06. The number of aromatic nitrogens is 2. The number of nitriles is 1. The van der Waals surface area contributed by atoms with E-state index in [1.165, 1.54) is 5.52 Å². The Bertz CT molecular complexity index is 603. The van der Waals surface area contributed by atoms with Crippen LogP contribution in [0.25, 0.3) is 11.0 Å². The first-order valence-corrected chi connectivity index (χ1v) is 7.09. The molecular weight excluding hydrogens is 290 g/mol. The van der Waals surface area contributed by atoms with Gasteiger partial charge in [-0.1, -0.05) is 15.9 Å². The van der Waals surface area contributed by atoms with Crippen molar-refractivity contribution in [2.24, 2.45) is 5.92 Å². The van der Waals surface area contributed by atoms with Crippen molar-refractivity contribution in [2.75, 3.05) is 0 Å². The van der Waals surface area contributed by atoms with Crippen LogP contribution >= 0.6 is 15.9 Å². The molecule has 0 aliphatic heterocycles. The van der Waals surface area contributed by atoms with Crippen LogP contribution in [0.4, 0.5) is 0 Å². The molecule has 2 aromatic rings. The second kappa shape index (κ2) is 4.74. The molecule has 0 radical (unpaired) electrons. The number of fused-ring (bicyclic) bond motifs is 1. The normalized spacial score (nSPS) is 24.0. The average molecular weight is 304 g/mol. The van der Waals surface area contributed by atoms with Crippen LogP contribution in [-0.4, -0.2) is 9.55 Å². The summed E-state index contributed by atoms with van der Waals surface area (Å²) in [5.41, 5.74) is 2.23. The largest absolute Gasteiger partial charge is 0.327 e. The quantitative estimate of drug-likeness (QED) is 0.797. The number of imidazole rings is 1. The zero-order chi connectivity index (χ0) is 12.5. The summed E-state index contributed by atoms with van der Waals surface area (Å²) in [6.07, 6.45) is 6.12. The molecule has 1 fully saturated rings. The molecule has 0 amide bonds. The molecule has 0 bridgehead atoms. The molecular formula is C14H14BrN3. The monoisotopic (exact) mass is 303 g/mol. The second-order valence-corrected chi connectivity index (χ2v) is 5.84. The van der Waals surface area contributed by atoms with Crippen molar-refractivity contribution < 1.29 is 0 Å². The predicted molar refractivity (Wildman–Crippen MR) is 74.0 cm³/mol. The van der Waals surface area contributed by atoms with Crippen LogP contribution in [0.1, 0.15) is 31.7 Å². The maximum absolute atomic E-state index is 8.94. The van der Waals surface area contributed by atoms with E-state index in [-0.39, 0.29) is 5.92 Å². The summed E-state index contributed by atoms with van der Waals surface area (Å²) in [4.78, 5) is 4.45. The van der Waals surface area contributed by atoms with Crippen molar-refractivity contribution in [2.45, 2.75) is 31.7 Å². The Hall–Kier alpha value is -1.34. The molecule has 1 aliphatic rings. The topological polar surface area (TPSA) is 41.6 Å². The highest BCUT2D eigenvalue weighted by atomic mass is 79.9. The van der Waals surface area contributed by atoms with Crippen molar-refractivity contribution in [3.63, 3.8) is 0 Å². The third kappa shape index (κ3) is 2.04. The summed E-state index contributed by atoms with van der Waals surface area (Å²) >= 11 is 3.51. The van der Waals surface area contributed by atoms with Crippen LogP contribution in [0.15, 0.2) is 29.0 Å². The lowest BCUT2D eigenvalue weighted by Crippen LogP contribution is -2.16. The second-order valence-electron chi connectivity index (χ2n) is 4.92. The Morgan fingerprint density at radius 3 is 2.78 bits per heavy atom. The summed E-state index contributed by atoms with van der Waals surface area (Å²) in [5.74, 6) is 0.253. The minimum absolute atomic E-state index is 0.253. The van der Waals surface area contributed by atoms with Crippen molar-refractivity contribution in [1.82, 2.24) is 9.55 Å². The van der Waals surface area contributed by atoms with Gasteiger partial charge in [0, 0.05) is 16.4 Å². The number of hydrogen-bond acceptors (Lipinski definition) is 2. The van der Waals surface area contributed by atoms with Crippen LogP contribution in [-0.2, 0) is 0 Å². The molecule has 1 aromatic heterocycles. The van der Waals surface area contributed by atoms with E-state index in [1.807, 2.05) is 18.5 Å². The zero-order valence-corrected chi connectivity index (χ0v) is 11.6. The molecule has 0 saturated heterocycles. The molecule has 1 heterocycles. The average Bonchev–Trinajstić information content (AvgIpc) is 2.82. The van der Waals surface area contributed by atoms with Gasteiger partial charge in [-0.15, -0.1) is 0 Å². The lowest BCUT2D eigenvalue weighted by molar-refractivity contribution is 0.318. The molecule has 1 aliphatic carbocycles.